The van der Waals surface area contributed by atoms with Crippen molar-refractivity contribution in [1.29, 1.82) is 0 Å². The lowest BCUT2D eigenvalue weighted by molar-refractivity contribution is 0.254. The Kier molecular flexibility index (Phi) is 5.04. The van der Waals surface area contributed by atoms with Crippen molar-refractivity contribution in [2.45, 2.75) is 0 Å². The van der Waals surface area contributed by atoms with Gasteiger partial charge in [-0.2, -0.15) is 0 Å². The number of anilines is 1. The van der Waals surface area contributed by atoms with Crippen molar-refractivity contribution in [1.82, 2.24) is 10.2 Å². The Morgan fingerprint density at radius 1 is 1.26 bits per heavy atom. The fraction of sp³-hybridized carbons (Fsp3) is 0.500. The highest BCUT2D eigenvalue weighted by atomic mass is 35.5. The van der Waals surface area contributed by atoms with Crippen molar-refractivity contribution >= 4 is 27.3 Å². The number of benzene rings is 1. The number of hydrogen-bond donors (Lipinski definition) is 2. The van der Waals surface area contributed by atoms with Crippen LogP contribution >= 0.6 is 11.6 Å². The van der Waals surface area contributed by atoms with E-state index in [1.54, 1.807) is 24.3 Å². The summed E-state index contributed by atoms with van der Waals surface area (Å²) in [5.41, 5.74) is 0.435. The summed E-state index contributed by atoms with van der Waals surface area (Å²) in [6, 6.07) is 6.83. The molecule has 2 rings (SSSR count). The lowest BCUT2D eigenvalue weighted by Gasteiger charge is -2.26. The van der Waals surface area contributed by atoms with Crippen molar-refractivity contribution in [3.63, 3.8) is 0 Å². The van der Waals surface area contributed by atoms with Gasteiger partial charge in [0.1, 0.15) is 0 Å². The molecule has 1 aliphatic rings. The third-order valence-electron chi connectivity index (χ3n) is 3.03. The first-order valence-corrected chi connectivity index (χ1v) is 8.28. The van der Waals surface area contributed by atoms with Crippen molar-refractivity contribution in [2.75, 3.05) is 43.2 Å². The normalized spacial score (nSPS) is 17.3. The van der Waals surface area contributed by atoms with E-state index in [2.05, 4.69) is 14.9 Å². The molecule has 0 spiro atoms. The molecule has 7 heteroatoms. The molecule has 1 aromatic carbocycles. The van der Waals surface area contributed by atoms with E-state index in [0.29, 0.717) is 17.3 Å². The maximum absolute atomic E-state index is 12.0. The standard InChI is InChI=1S/C12H18ClN3O2S/c13-11-3-1-2-4-12(11)15-19(17,18)10-9-16-7-5-14-6-8-16/h1-4,14-15H,5-10H2. The number of piperazine rings is 1. The molecule has 19 heavy (non-hydrogen) atoms. The second kappa shape index (κ2) is 6.56. The summed E-state index contributed by atoms with van der Waals surface area (Å²) in [4.78, 5) is 2.14. The molecule has 0 radical (unpaired) electrons. The van der Waals surface area contributed by atoms with Crippen LogP contribution in [-0.4, -0.2) is 51.8 Å². The number of rotatable bonds is 5. The Balaban J connectivity index is 1.90. The Hall–Kier alpha value is -0.820. The summed E-state index contributed by atoms with van der Waals surface area (Å²) in [6.07, 6.45) is 0. The van der Waals surface area contributed by atoms with Gasteiger partial charge in [0, 0.05) is 32.7 Å². The van der Waals surface area contributed by atoms with Crippen LogP contribution in [0.1, 0.15) is 0 Å². The van der Waals surface area contributed by atoms with Crippen LogP contribution in [0.25, 0.3) is 0 Å². The molecule has 1 saturated heterocycles. The first kappa shape index (κ1) is 14.6. The fourth-order valence-electron chi connectivity index (χ4n) is 1.95. The molecule has 1 fully saturated rings. The van der Waals surface area contributed by atoms with Crippen LogP contribution < -0.4 is 10.0 Å². The molecule has 0 atom stereocenters. The minimum atomic E-state index is -3.35. The monoisotopic (exact) mass is 303 g/mol. The highest BCUT2D eigenvalue weighted by Crippen LogP contribution is 2.21. The van der Waals surface area contributed by atoms with Gasteiger partial charge >= 0.3 is 0 Å². The topological polar surface area (TPSA) is 61.4 Å². The smallest absolute Gasteiger partial charge is 0.234 e. The van der Waals surface area contributed by atoms with E-state index in [0.717, 1.165) is 26.2 Å². The first-order valence-electron chi connectivity index (χ1n) is 6.25. The Morgan fingerprint density at radius 3 is 2.63 bits per heavy atom. The highest BCUT2D eigenvalue weighted by molar-refractivity contribution is 7.92. The highest BCUT2D eigenvalue weighted by Gasteiger charge is 2.16. The predicted molar refractivity (Wildman–Crippen MR) is 78.2 cm³/mol. The van der Waals surface area contributed by atoms with E-state index in [1.165, 1.54) is 0 Å². The number of halogens is 1. The Morgan fingerprint density at radius 2 is 1.95 bits per heavy atom. The summed E-state index contributed by atoms with van der Waals surface area (Å²) in [7, 11) is -3.35. The van der Waals surface area contributed by atoms with E-state index >= 15 is 0 Å². The van der Waals surface area contributed by atoms with Gasteiger partial charge in [-0.3, -0.25) is 9.62 Å². The van der Waals surface area contributed by atoms with Crippen molar-refractivity contribution in [3.8, 4) is 0 Å². The third kappa shape index (κ3) is 4.65. The number of sulfonamides is 1. The lowest BCUT2D eigenvalue weighted by Crippen LogP contribution is -2.45. The summed E-state index contributed by atoms with van der Waals surface area (Å²) >= 11 is 5.93. The maximum atomic E-state index is 12.0. The van der Waals surface area contributed by atoms with E-state index in [1.807, 2.05) is 0 Å². The molecular weight excluding hydrogens is 286 g/mol. The minimum absolute atomic E-state index is 0.0816. The van der Waals surface area contributed by atoms with E-state index in [-0.39, 0.29) is 5.75 Å². The molecule has 2 N–H and O–H groups in total. The van der Waals surface area contributed by atoms with Crippen LogP contribution in [0.3, 0.4) is 0 Å². The second-order valence-corrected chi connectivity index (χ2v) is 6.74. The fourth-order valence-corrected chi connectivity index (χ4v) is 3.30. The van der Waals surface area contributed by atoms with Crippen LogP contribution in [0, 0.1) is 0 Å². The molecule has 0 unspecified atom stereocenters. The van der Waals surface area contributed by atoms with Gasteiger partial charge in [-0.25, -0.2) is 8.42 Å². The van der Waals surface area contributed by atoms with Crippen LogP contribution in [0.2, 0.25) is 5.02 Å². The number of nitrogens with one attached hydrogen (secondary N) is 2. The van der Waals surface area contributed by atoms with Gasteiger partial charge in [0.25, 0.3) is 0 Å². The zero-order valence-electron chi connectivity index (χ0n) is 10.6. The SMILES string of the molecule is O=S(=O)(CCN1CCNCC1)Nc1ccccc1Cl. The molecule has 1 aromatic rings. The van der Waals surface area contributed by atoms with Crippen LogP contribution in [-0.2, 0) is 10.0 Å². The van der Waals surface area contributed by atoms with Gasteiger partial charge in [0.15, 0.2) is 0 Å². The Bertz CT molecular complexity index is 515. The van der Waals surface area contributed by atoms with Crippen LogP contribution in [0.15, 0.2) is 24.3 Å². The first-order chi connectivity index (χ1) is 9.07. The summed E-state index contributed by atoms with van der Waals surface area (Å²) < 4.78 is 26.5. The van der Waals surface area contributed by atoms with Gasteiger partial charge in [0.05, 0.1) is 16.5 Å². The van der Waals surface area contributed by atoms with Gasteiger partial charge in [-0.15, -0.1) is 0 Å². The van der Waals surface area contributed by atoms with Crippen LogP contribution in [0.5, 0.6) is 0 Å². The molecule has 0 aliphatic carbocycles. The maximum Gasteiger partial charge on any atom is 0.234 e. The summed E-state index contributed by atoms with van der Waals surface area (Å²) in [6.45, 7) is 4.15. The summed E-state index contributed by atoms with van der Waals surface area (Å²) in [5.74, 6) is 0.0816. The minimum Gasteiger partial charge on any atom is -0.314 e. The third-order valence-corrected chi connectivity index (χ3v) is 4.61. The number of para-hydroxylation sites is 1. The van der Waals surface area contributed by atoms with E-state index in [4.69, 9.17) is 11.6 Å². The molecule has 0 amide bonds. The average Bonchev–Trinajstić information content (AvgIpc) is 2.40. The molecule has 106 valence electrons. The molecule has 0 saturated carbocycles. The molecule has 0 bridgehead atoms. The molecule has 1 heterocycles. The quantitative estimate of drug-likeness (QED) is 0.851. The van der Waals surface area contributed by atoms with E-state index in [9.17, 15) is 8.42 Å². The van der Waals surface area contributed by atoms with Gasteiger partial charge in [-0.1, -0.05) is 23.7 Å². The predicted octanol–water partition coefficient (Wildman–Crippen LogP) is 0.987. The lowest BCUT2D eigenvalue weighted by atomic mass is 10.3. The molecule has 5 nitrogen and oxygen atoms in total. The summed E-state index contributed by atoms with van der Waals surface area (Å²) in [5, 5.41) is 3.65. The van der Waals surface area contributed by atoms with Gasteiger partial charge < -0.3 is 5.32 Å². The zero-order valence-corrected chi connectivity index (χ0v) is 12.2. The Labute approximate surface area is 119 Å². The zero-order chi connectivity index (χ0) is 13.7. The molecule has 0 aromatic heterocycles. The average molecular weight is 304 g/mol. The van der Waals surface area contributed by atoms with Crippen molar-refractivity contribution in [3.05, 3.63) is 29.3 Å². The van der Waals surface area contributed by atoms with Crippen LogP contribution in [0.4, 0.5) is 5.69 Å². The van der Waals surface area contributed by atoms with Gasteiger partial charge in [0.2, 0.25) is 10.0 Å². The second-order valence-electron chi connectivity index (χ2n) is 4.49. The van der Waals surface area contributed by atoms with Gasteiger partial charge in [-0.05, 0) is 12.1 Å². The molecule has 1 aliphatic heterocycles. The van der Waals surface area contributed by atoms with Crippen molar-refractivity contribution < 1.29 is 8.42 Å². The molecular formula is C12H18ClN3O2S. The number of hydrogen-bond acceptors (Lipinski definition) is 4. The largest absolute Gasteiger partial charge is 0.314 e. The van der Waals surface area contributed by atoms with Crippen molar-refractivity contribution in [2.24, 2.45) is 0 Å². The van der Waals surface area contributed by atoms with E-state index < -0.39 is 10.0 Å². The number of nitrogens with zero attached hydrogens (tertiary/aromatic N) is 1.